The van der Waals surface area contributed by atoms with E-state index in [1.165, 1.54) is 0 Å². The van der Waals surface area contributed by atoms with Crippen LogP contribution in [0.25, 0.3) is 10.6 Å². The standard InChI is InChI=1S/C10H13N3O2S/c1-15-7-4-9(16-6-7)8-5-10(11)13(12-8)2-3-14/h4-6,14H,2-3,11H2,1H3. The first kappa shape index (κ1) is 11.0. The van der Waals surface area contributed by atoms with E-state index >= 15 is 0 Å². The fraction of sp³-hybridized carbons (Fsp3) is 0.300. The third-order valence-electron chi connectivity index (χ3n) is 2.19. The van der Waals surface area contributed by atoms with Gasteiger partial charge in [0, 0.05) is 17.5 Å². The van der Waals surface area contributed by atoms with Crippen LogP contribution >= 0.6 is 11.3 Å². The van der Waals surface area contributed by atoms with Gasteiger partial charge < -0.3 is 15.6 Å². The summed E-state index contributed by atoms with van der Waals surface area (Å²) in [5.41, 5.74) is 6.57. The average molecular weight is 239 g/mol. The van der Waals surface area contributed by atoms with E-state index in [1.807, 2.05) is 11.4 Å². The predicted molar refractivity (Wildman–Crippen MR) is 63.6 cm³/mol. The van der Waals surface area contributed by atoms with E-state index in [9.17, 15) is 0 Å². The molecule has 0 amide bonds. The van der Waals surface area contributed by atoms with E-state index in [4.69, 9.17) is 15.6 Å². The average Bonchev–Trinajstić information content (AvgIpc) is 2.86. The molecule has 2 aromatic rings. The van der Waals surface area contributed by atoms with Gasteiger partial charge in [-0.25, -0.2) is 4.68 Å². The Morgan fingerprint density at radius 1 is 1.56 bits per heavy atom. The summed E-state index contributed by atoms with van der Waals surface area (Å²) in [5, 5.41) is 15.0. The van der Waals surface area contributed by atoms with Gasteiger partial charge in [0.05, 0.1) is 25.1 Å². The SMILES string of the molecule is COc1csc(-c2cc(N)n(CCO)n2)c1. The van der Waals surface area contributed by atoms with E-state index < -0.39 is 0 Å². The minimum absolute atomic E-state index is 0.0269. The minimum atomic E-state index is 0.0269. The maximum absolute atomic E-state index is 8.83. The highest BCUT2D eigenvalue weighted by Crippen LogP contribution is 2.30. The summed E-state index contributed by atoms with van der Waals surface area (Å²) in [6, 6.07) is 3.71. The maximum atomic E-state index is 8.83. The van der Waals surface area contributed by atoms with E-state index in [-0.39, 0.29) is 6.61 Å². The molecule has 2 aromatic heterocycles. The van der Waals surface area contributed by atoms with Crippen molar-refractivity contribution in [2.24, 2.45) is 0 Å². The number of aromatic nitrogens is 2. The Labute approximate surface area is 97.1 Å². The highest BCUT2D eigenvalue weighted by molar-refractivity contribution is 7.13. The van der Waals surface area contributed by atoms with Gasteiger partial charge in [-0.15, -0.1) is 11.3 Å². The second-order valence-corrected chi connectivity index (χ2v) is 4.16. The van der Waals surface area contributed by atoms with Crippen LogP contribution in [0, 0.1) is 0 Å². The molecule has 0 atom stereocenters. The number of methoxy groups -OCH3 is 1. The molecule has 0 fully saturated rings. The van der Waals surface area contributed by atoms with E-state index in [2.05, 4.69) is 5.10 Å². The Hall–Kier alpha value is -1.53. The van der Waals surface area contributed by atoms with Crippen molar-refractivity contribution in [2.45, 2.75) is 6.54 Å². The molecule has 0 bridgehead atoms. The number of hydrogen-bond acceptors (Lipinski definition) is 5. The topological polar surface area (TPSA) is 73.3 Å². The number of hydrogen-bond donors (Lipinski definition) is 2. The Bertz CT molecular complexity index is 478. The number of anilines is 1. The van der Waals surface area contributed by atoms with Crippen molar-refractivity contribution >= 4 is 17.2 Å². The van der Waals surface area contributed by atoms with Crippen LogP contribution < -0.4 is 10.5 Å². The zero-order valence-electron chi connectivity index (χ0n) is 8.88. The molecule has 6 heteroatoms. The highest BCUT2D eigenvalue weighted by atomic mass is 32.1. The summed E-state index contributed by atoms with van der Waals surface area (Å²) in [6.45, 7) is 0.438. The Balaban J connectivity index is 2.29. The van der Waals surface area contributed by atoms with Crippen molar-refractivity contribution in [2.75, 3.05) is 19.5 Å². The summed E-state index contributed by atoms with van der Waals surface area (Å²) in [4.78, 5) is 1.00. The molecule has 0 saturated carbocycles. The van der Waals surface area contributed by atoms with Crippen molar-refractivity contribution in [1.29, 1.82) is 0 Å². The smallest absolute Gasteiger partial charge is 0.130 e. The van der Waals surface area contributed by atoms with Gasteiger partial charge in [-0.3, -0.25) is 0 Å². The molecule has 0 unspecified atom stereocenters. The van der Waals surface area contributed by atoms with Crippen molar-refractivity contribution in [3.05, 3.63) is 17.5 Å². The second kappa shape index (κ2) is 4.54. The molecule has 0 aliphatic carbocycles. The fourth-order valence-electron chi connectivity index (χ4n) is 1.39. The van der Waals surface area contributed by atoms with Crippen LogP contribution in [0.15, 0.2) is 17.5 Å². The Kier molecular flexibility index (Phi) is 3.12. The molecule has 0 radical (unpaired) electrons. The van der Waals surface area contributed by atoms with Crippen LogP contribution in [0.4, 0.5) is 5.82 Å². The summed E-state index contributed by atoms with van der Waals surface area (Å²) < 4.78 is 6.69. The molecule has 2 rings (SSSR count). The zero-order valence-corrected chi connectivity index (χ0v) is 9.70. The van der Waals surface area contributed by atoms with Crippen molar-refractivity contribution in [3.63, 3.8) is 0 Å². The normalized spacial score (nSPS) is 10.6. The molecule has 0 spiro atoms. The predicted octanol–water partition coefficient (Wildman–Crippen LogP) is 1.19. The van der Waals surface area contributed by atoms with Gasteiger partial charge in [0.2, 0.25) is 0 Å². The molecule has 0 aromatic carbocycles. The summed E-state index contributed by atoms with van der Waals surface area (Å²) in [7, 11) is 1.63. The molecule has 3 N–H and O–H groups in total. The van der Waals surface area contributed by atoms with Gasteiger partial charge in [-0.05, 0) is 0 Å². The van der Waals surface area contributed by atoms with Crippen molar-refractivity contribution in [1.82, 2.24) is 9.78 Å². The van der Waals surface area contributed by atoms with E-state index in [1.54, 1.807) is 29.2 Å². The van der Waals surface area contributed by atoms with Gasteiger partial charge in [0.25, 0.3) is 0 Å². The number of ether oxygens (including phenoxy) is 1. The van der Waals surface area contributed by atoms with Crippen LogP contribution in [0.5, 0.6) is 5.75 Å². The number of aliphatic hydroxyl groups excluding tert-OH is 1. The summed E-state index contributed by atoms with van der Waals surface area (Å²) >= 11 is 1.55. The number of nitrogen functional groups attached to an aromatic ring is 1. The highest BCUT2D eigenvalue weighted by Gasteiger charge is 2.09. The number of aliphatic hydroxyl groups is 1. The van der Waals surface area contributed by atoms with E-state index in [0.717, 1.165) is 16.3 Å². The third-order valence-corrected chi connectivity index (χ3v) is 3.12. The molecule has 2 heterocycles. The molecular formula is C10H13N3O2S. The van der Waals surface area contributed by atoms with Gasteiger partial charge in [0.15, 0.2) is 0 Å². The number of nitrogens with zero attached hydrogens (tertiary/aromatic N) is 2. The molecule has 0 aliphatic heterocycles. The van der Waals surface area contributed by atoms with Crippen LogP contribution in [0.1, 0.15) is 0 Å². The lowest BCUT2D eigenvalue weighted by Crippen LogP contribution is -2.07. The first-order valence-electron chi connectivity index (χ1n) is 4.81. The lowest BCUT2D eigenvalue weighted by molar-refractivity contribution is 0.270. The van der Waals surface area contributed by atoms with Crippen LogP contribution in [0.3, 0.4) is 0 Å². The first-order valence-corrected chi connectivity index (χ1v) is 5.69. The fourth-order valence-corrected chi connectivity index (χ4v) is 2.20. The van der Waals surface area contributed by atoms with Crippen molar-refractivity contribution in [3.8, 4) is 16.3 Å². The summed E-state index contributed by atoms with van der Waals surface area (Å²) in [5.74, 6) is 1.37. The third kappa shape index (κ3) is 2.02. The molecule has 5 nitrogen and oxygen atoms in total. The molecule has 0 saturated heterocycles. The molecular weight excluding hydrogens is 226 g/mol. The largest absolute Gasteiger partial charge is 0.496 e. The quantitative estimate of drug-likeness (QED) is 0.840. The second-order valence-electron chi connectivity index (χ2n) is 3.25. The molecule has 16 heavy (non-hydrogen) atoms. The Morgan fingerprint density at radius 2 is 2.38 bits per heavy atom. The number of rotatable bonds is 4. The minimum Gasteiger partial charge on any atom is -0.496 e. The van der Waals surface area contributed by atoms with Gasteiger partial charge >= 0.3 is 0 Å². The van der Waals surface area contributed by atoms with Gasteiger partial charge in [-0.2, -0.15) is 5.10 Å². The van der Waals surface area contributed by atoms with Crippen molar-refractivity contribution < 1.29 is 9.84 Å². The van der Waals surface area contributed by atoms with Crippen LogP contribution in [0.2, 0.25) is 0 Å². The lowest BCUT2D eigenvalue weighted by atomic mass is 10.3. The maximum Gasteiger partial charge on any atom is 0.130 e. The lowest BCUT2D eigenvalue weighted by Gasteiger charge is -1.98. The summed E-state index contributed by atoms with van der Waals surface area (Å²) in [6.07, 6.45) is 0. The van der Waals surface area contributed by atoms with Gasteiger partial charge in [0.1, 0.15) is 17.3 Å². The first-order chi connectivity index (χ1) is 7.74. The number of nitrogens with two attached hydrogens (primary N) is 1. The zero-order chi connectivity index (χ0) is 11.5. The van der Waals surface area contributed by atoms with Crippen LogP contribution in [-0.2, 0) is 6.54 Å². The van der Waals surface area contributed by atoms with Gasteiger partial charge in [-0.1, -0.05) is 0 Å². The van der Waals surface area contributed by atoms with Crippen LogP contribution in [-0.4, -0.2) is 28.6 Å². The van der Waals surface area contributed by atoms with E-state index in [0.29, 0.717) is 12.4 Å². The number of thiophene rings is 1. The molecule has 0 aliphatic rings. The monoisotopic (exact) mass is 239 g/mol. The molecule has 86 valence electrons. The Morgan fingerprint density at radius 3 is 3.00 bits per heavy atom.